The minimum absolute atomic E-state index is 0.109. The molecule has 1 aromatic carbocycles. The van der Waals surface area contributed by atoms with Gasteiger partial charge in [0.2, 0.25) is 0 Å². The Morgan fingerprint density at radius 3 is 2.71 bits per heavy atom. The third-order valence-electron chi connectivity index (χ3n) is 2.57. The summed E-state index contributed by atoms with van der Waals surface area (Å²) in [4.78, 5) is 22.3. The Hall–Kier alpha value is -2.84. The van der Waals surface area contributed by atoms with E-state index in [0.717, 1.165) is 23.0 Å². The number of anilines is 1. The molecule has 0 atom stereocenters. The van der Waals surface area contributed by atoms with Gasteiger partial charge in [0.25, 0.3) is 5.91 Å². The maximum Gasteiger partial charge on any atom is 0.325 e. The number of hydrogen-bond donors (Lipinski definition) is 2. The van der Waals surface area contributed by atoms with Gasteiger partial charge >= 0.3 is 5.97 Å². The van der Waals surface area contributed by atoms with Gasteiger partial charge in [0.05, 0.1) is 11.9 Å². The van der Waals surface area contributed by atoms with Crippen LogP contribution < -0.4 is 5.32 Å². The van der Waals surface area contributed by atoms with E-state index >= 15 is 0 Å². The van der Waals surface area contributed by atoms with Crippen LogP contribution in [0.4, 0.5) is 14.5 Å². The highest BCUT2D eigenvalue weighted by atomic mass is 19.1. The molecule has 1 amide bonds. The molecule has 9 heteroatoms. The molecule has 110 valence electrons. The molecule has 0 aliphatic carbocycles. The summed E-state index contributed by atoms with van der Waals surface area (Å²) in [6.07, 6.45) is 1.09. The van der Waals surface area contributed by atoms with Crippen molar-refractivity contribution in [3.8, 4) is 0 Å². The summed E-state index contributed by atoms with van der Waals surface area (Å²) in [5.74, 6) is -3.44. The predicted octanol–water partition coefficient (Wildman–Crippen LogP) is 1.20. The lowest BCUT2D eigenvalue weighted by atomic mass is 10.2. The number of carbonyl (C=O) groups is 2. The average Bonchev–Trinajstić information content (AvgIpc) is 2.83. The minimum atomic E-state index is -1.15. The third kappa shape index (κ3) is 3.38. The molecule has 2 N–H and O–H groups in total. The largest absolute Gasteiger partial charge is 0.480 e. The number of amides is 1. The van der Waals surface area contributed by atoms with E-state index in [1.165, 1.54) is 6.92 Å². The number of nitrogens with zero attached hydrogens (tertiary/aromatic N) is 3. The highest BCUT2D eigenvalue weighted by Gasteiger charge is 2.15. The van der Waals surface area contributed by atoms with E-state index in [1.807, 2.05) is 0 Å². The topological polar surface area (TPSA) is 97.1 Å². The van der Waals surface area contributed by atoms with Crippen molar-refractivity contribution in [3.63, 3.8) is 0 Å². The number of benzene rings is 1. The fourth-order valence-electron chi connectivity index (χ4n) is 1.55. The zero-order valence-electron chi connectivity index (χ0n) is 10.8. The Kier molecular flexibility index (Phi) is 3.92. The van der Waals surface area contributed by atoms with Crippen LogP contribution in [-0.2, 0) is 11.3 Å². The molecule has 0 aliphatic rings. The molecular weight excluding hydrogens is 286 g/mol. The van der Waals surface area contributed by atoms with Crippen molar-refractivity contribution in [2.45, 2.75) is 13.5 Å². The number of halogens is 2. The zero-order chi connectivity index (χ0) is 15.6. The molecule has 0 bridgehead atoms. The lowest BCUT2D eigenvalue weighted by molar-refractivity contribution is -0.137. The number of aliphatic carboxylic acids is 1. The molecule has 0 spiro atoms. The maximum absolute atomic E-state index is 13.6. The quantitative estimate of drug-likeness (QED) is 0.883. The SMILES string of the molecule is Cc1cc(F)c(NC(=O)c2cn(CC(=O)O)nn2)cc1F. The summed E-state index contributed by atoms with van der Waals surface area (Å²) >= 11 is 0. The molecule has 21 heavy (non-hydrogen) atoms. The van der Waals surface area contributed by atoms with Gasteiger partial charge in [-0.15, -0.1) is 5.10 Å². The molecule has 2 aromatic rings. The van der Waals surface area contributed by atoms with Crippen molar-refractivity contribution in [3.05, 3.63) is 41.2 Å². The van der Waals surface area contributed by atoms with Crippen molar-refractivity contribution < 1.29 is 23.5 Å². The van der Waals surface area contributed by atoms with Crippen LogP contribution in [0.5, 0.6) is 0 Å². The highest BCUT2D eigenvalue weighted by Crippen LogP contribution is 2.19. The summed E-state index contributed by atoms with van der Waals surface area (Å²) < 4.78 is 27.9. The number of nitrogens with one attached hydrogen (secondary N) is 1. The third-order valence-corrected chi connectivity index (χ3v) is 2.57. The first-order valence-corrected chi connectivity index (χ1v) is 5.75. The molecule has 2 rings (SSSR count). The molecule has 0 fully saturated rings. The van der Waals surface area contributed by atoms with Crippen LogP contribution in [-0.4, -0.2) is 32.0 Å². The van der Waals surface area contributed by atoms with Gasteiger partial charge < -0.3 is 10.4 Å². The predicted molar refractivity (Wildman–Crippen MR) is 66.7 cm³/mol. The Balaban J connectivity index is 2.16. The van der Waals surface area contributed by atoms with Crippen molar-refractivity contribution in [1.82, 2.24) is 15.0 Å². The van der Waals surface area contributed by atoms with Crippen LogP contribution in [0, 0.1) is 18.6 Å². The summed E-state index contributed by atoms with van der Waals surface area (Å²) in [6, 6.07) is 1.80. The first kappa shape index (κ1) is 14.6. The Morgan fingerprint density at radius 2 is 2.05 bits per heavy atom. The fourth-order valence-corrected chi connectivity index (χ4v) is 1.55. The van der Waals surface area contributed by atoms with Gasteiger partial charge in [0, 0.05) is 6.07 Å². The Morgan fingerprint density at radius 1 is 1.33 bits per heavy atom. The van der Waals surface area contributed by atoms with Gasteiger partial charge in [-0.25, -0.2) is 13.5 Å². The second-order valence-corrected chi connectivity index (χ2v) is 4.23. The van der Waals surface area contributed by atoms with Gasteiger partial charge in [-0.2, -0.15) is 0 Å². The van der Waals surface area contributed by atoms with Crippen molar-refractivity contribution in [2.24, 2.45) is 0 Å². The summed E-state index contributed by atoms with van der Waals surface area (Å²) in [7, 11) is 0. The van der Waals surface area contributed by atoms with E-state index in [9.17, 15) is 18.4 Å². The molecule has 0 radical (unpaired) electrons. The normalized spacial score (nSPS) is 10.4. The molecule has 0 aliphatic heterocycles. The van der Waals surface area contributed by atoms with Crippen LogP contribution in [0.15, 0.2) is 18.3 Å². The van der Waals surface area contributed by atoms with Gasteiger partial charge in [-0.1, -0.05) is 5.21 Å². The summed E-state index contributed by atoms with van der Waals surface area (Å²) in [5.41, 5.74) is -0.439. The average molecular weight is 296 g/mol. The Labute approximate surface area is 117 Å². The second-order valence-electron chi connectivity index (χ2n) is 4.23. The number of aryl methyl sites for hydroxylation is 1. The fraction of sp³-hybridized carbons (Fsp3) is 0.167. The molecule has 1 heterocycles. The van der Waals surface area contributed by atoms with E-state index in [4.69, 9.17) is 5.11 Å². The molecular formula is C12H10F2N4O3. The highest BCUT2D eigenvalue weighted by molar-refractivity contribution is 6.02. The van der Waals surface area contributed by atoms with Crippen molar-refractivity contribution >= 4 is 17.6 Å². The number of rotatable bonds is 4. The van der Waals surface area contributed by atoms with E-state index in [0.29, 0.717) is 0 Å². The standard InChI is InChI=1S/C12H10F2N4O3/c1-6-2-8(14)9(3-7(6)13)15-12(21)10-4-18(17-16-10)5-11(19)20/h2-4H,5H2,1H3,(H,15,21)(H,19,20). The molecule has 0 unspecified atom stereocenters. The van der Waals surface area contributed by atoms with Gasteiger partial charge in [0.15, 0.2) is 5.69 Å². The number of hydrogen-bond acceptors (Lipinski definition) is 4. The maximum atomic E-state index is 13.6. The van der Waals surface area contributed by atoms with Gasteiger partial charge in [0.1, 0.15) is 18.2 Å². The monoisotopic (exact) mass is 296 g/mol. The van der Waals surface area contributed by atoms with E-state index in [1.54, 1.807) is 0 Å². The Bertz CT molecular complexity index is 715. The van der Waals surface area contributed by atoms with Crippen molar-refractivity contribution in [1.29, 1.82) is 0 Å². The zero-order valence-corrected chi connectivity index (χ0v) is 10.8. The number of carboxylic acids is 1. The van der Waals surface area contributed by atoms with Crippen molar-refractivity contribution in [2.75, 3.05) is 5.32 Å². The second kappa shape index (κ2) is 5.65. The first-order valence-electron chi connectivity index (χ1n) is 5.75. The molecule has 7 nitrogen and oxygen atoms in total. The number of aromatic nitrogens is 3. The lowest BCUT2D eigenvalue weighted by Crippen LogP contribution is -2.14. The van der Waals surface area contributed by atoms with E-state index in [2.05, 4.69) is 15.6 Å². The van der Waals surface area contributed by atoms with Crippen LogP contribution in [0.1, 0.15) is 16.1 Å². The van der Waals surface area contributed by atoms with Gasteiger partial charge in [-0.05, 0) is 18.6 Å². The number of carbonyl (C=O) groups excluding carboxylic acids is 1. The first-order chi connectivity index (χ1) is 9.86. The lowest BCUT2D eigenvalue weighted by Gasteiger charge is -2.06. The summed E-state index contributed by atoms with van der Waals surface area (Å²) in [5, 5.41) is 17.6. The van der Waals surface area contributed by atoms with E-state index < -0.39 is 30.1 Å². The minimum Gasteiger partial charge on any atom is -0.480 e. The van der Waals surface area contributed by atoms with Crippen LogP contribution in [0.3, 0.4) is 0 Å². The number of carboxylic acid groups (broad SMARTS) is 1. The molecule has 0 saturated heterocycles. The van der Waals surface area contributed by atoms with Crippen LogP contribution in [0.2, 0.25) is 0 Å². The van der Waals surface area contributed by atoms with Crippen LogP contribution >= 0.6 is 0 Å². The molecule has 0 saturated carbocycles. The van der Waals surface area contributed by atoms with Gasteiger partial charge in [-0.3, -0.25) is 9.59 Å². The smallest absolute Gasteiger partial charge is 0.325 e. The van der Waals surface area contributed by atoms with Crippen LogP contribution in [0.25, 0.3) is 0 Å². The summed E-state index contributed by atoms with van der Waals surface area (Å²) in [6.45, 7) is 0.926. The van der Waals surface area contributed by atoms with E-state index in [-0.39, 0.29) is 16.9 Å². The molecule has 1 aromatic heterocycles.